The van der Waals surface area contributed by atoms with Crippen molar-refractivity contribution in [3.8, 4) is 5.75 Å². The molecule has 1 fully saturated rings. The third-order valence-electron chi connectivity index (χ3n) is 6.73. The van der Waals surface area contributed by atoms with Gasteiger partial charge < -0.3 is 19.6 Å². The molecule has 1 heterocycles. The van der Waals surface area contributed by atoms with Gasteiger partial charge >= 0.3 is 0 Å². The Morgan fingerprint density at radius 2 is 1.63 bits per heavy atom. The monoisotopic (exact) mass is 552 g/mol. The summed E-state index contributed by atoms with van der Waals surface area (Å²) in [6, 6.07) is 20.8. The topological polar surface area (TPSA) is 70.1 Å². The van der Waals surface area contributed by atoms with Crippen LogP contribution in [-0.2, 0) is 16.2 Å². The van der Waals surface area contributed by atoms with E-state index in [0.29, 0.717) is 46.6 Å². The molecule has 1 unspecified atom stereocenters. The lowest BCUT2D eigenvalue weighted by molar-refractivity contribution is -0.140. The molecule has 0 saturated carbocycles. The highest BCUT2D eigenvalue weighted by Gasteiger charge is 2.46. The molecule has 3 aromatic carbocycles. The Bertz CT molecular complexity index is 1320. The van der Waals surface area contributed by atoms with Crippen molar-refractivity contribution in [2.45, 2.75) is 26.5 Å². The molecule has 1 aliphatic rings. The zero-order valence-corrected chi connectivity index (χ0v) is 22.9. The summed E-state index contributed by atoms with van der Waals surface area (Å²) in [4.78, 5) is 30.1. The molecule has 1 aliphatic heterocycles. The number of rotatable bonds is 10. The van der Waals surface area contributed by atoms with Crippen LogP contribution in [0.3, 0.4) is 0 Å². The molecule has 198 valence electrons. The molecule has 0 bridgehead atoms. The van der Waals surface area contributed by atoms with Crippen molar-refractivity contribution in [3.05, 3.63) is 105 Å². The molecule has 0 radical (unpaired) electrons. The number of amides is 1. The minimum absolute atomic E-state index is 0.0193. The van der Waals surface area contributed by atoms with Crippen LogP contribution in [0.4, 0.5) is 0 Å². The van der Waals surface area contributed by atoms with Gasteiger partial charge in [-0.1, -0.05) is 73.4 Å². The molecule has 4 rings (SSSR count). The second-order valence-electron chi connectivity index (χ2n) is 8.99. The van der Waals surface area contributed by atoms with Crippen LogP contribution in [0.15, 0.2) is 78.4 Å². The maximum atomic E-state index is 13.3. The van der Waals surface area contributed by atoms with Crippen molar-refractivity contribution in [2.75, 3.05) is 26.2 Å². The number of aliphatic hydroxyl groups excluding tert-OH is 1. The number of hydrogen-bond acceptors (Lipinski definition) is 5. The molecule has 0 aromatic heterocycles. The number of ether oxygens (including phenoxy) is 1. The summed E-state index contributed by atoms with van der Waals surface area (Å²) in [7, 11) is 0. The quantitative estimate of drug-likeness (QED) is 0.180. The minimum Gasteiger partial charge on any atom is -0.507 e. The first-order valence-corrected chi connectivity index (χ1v) is 13.3. The van der Waals surface area contributed by atoms with E-state index in [1.54, 1.807) is 42.5 Å². The molecular weight excluding hydrogens is 523 g/mol. The van der Waals surface area contributed by atoms with E-state index in [0.717, 1.165) is 18.7 Å². The Hall–Kier alpha value is -3.32. The van der Waals surface area contributed by atoms with Crippen LogP contribution in [0.2, 0.25) is 10.0 Å². The van der Waals surface area contributed by atoms with E-state index in [9.17, 15) is 14.7 Å². The number of ketones is 1. The third-order valence-corrected chi connectivity index (χ3v) is 7.47. The molecule has 6 nitrogen and oxygen atoms in total. The van der Waals surface area contributed by atoms with Crippen molar-refractivity contribution in [1.82, 2.24) is 9.80 Å². The number of carbonyl (C=O) groups is 2. The number of nitrogens with zero attached hydrogens (tertiary/aromatic N) is 2. The molecule has 0 aliphatic carbocycles. The van der Waals surface area contributed by atoms with E-state index in [1.807, 2.05) is 44.2 Å². The van der Waals surface area contributed by atoms with Gasteiger partial charge in [0.15, 0.2) is 0 Å². The van der Waals surface area contributed by atoms with Crippen molar-refractivity contribution in [3.63, 3.8) is 0 Å². The van der Waals surface area contributed by atoms with E-state index in [-0.39, 0.29) is 11.3 Å². The summed E-state index contributed by atoms with van der Waals surface area (Å²) in [6.07, 6.45) is 0. The normalized spacial score (nSPS) is 16.9. The molecular formula is C30H30Cl2N2O4. The fourth-order valence-electron chi connectivity index (χ4n) is 4.53. The Balaban J connectivity index is 1.67. The molecule has 1 atom stereocenters. The van der Waals surface area contributed by atoms with Gasteiger partial charge in [0.2, 0.25) is 0 Å². The van der Waals surface area contributed by atoms with Crippen LogP contribution in [-0.4, -0.2) is 52.8 Å². The van der Waals surface area contributed by atoms with Crippen LogP contribution < -0.4 is 4.74 Å². The van der Waals surface area contributed by atoms with E-state index in [2.05, 4.69) is 4.90 Å². The highest BCUT2D eigenvalue weighted by atomic mass is 35.5. The number of benzene rings is 3. The lowest BCUT2D eigenvalue weighted by Gasteiger charge is -2.28. The summed E-state index contributed by atoms with van der Waals surface area (Å²) in [6.45, 7) is 7.03. The average Bonchev–Trinajstić information content (AvgIpc) is 3.19. The number of halogens is 2. The molecule has 1 amide bonds. The summed E-state index contributed by atoms with van der Waals surface area (Å²) >= 11 is 12.4. The largest absolute Gasteiger partial charge is 0.507 e. The maximum Gasteiger partial charge on any atom is 0.295 e. The van der Waals surface area contributed by atoms with E-state index in [4.69, 9.17) is 27.9 Å². The van der Waals surface area contributed by atoms with Gasteiger partial charge in [0, 0.05) is 18.7 Å². The number of hydrogen-bond donors (Lipinski definition) is 1. The molecule has 1 N–H and O–H groups in total. The Morgan fingerprint density at radius 3 is 2.26 bits per heavy atom. The van der Waals surface area contributed by atoms with Gasteiger partial charge in [-0.3, -0.25) is 9.59 Å². The van der Waals surface area contributed by atoms with Crippen molar-refractivity contribution in [1.29, 1.82) is 0 Å². The highest BCUT2D eigenvalue weighted by molar-refractivity contribution is 6.46. The van der Waals surface area contributed by atoms with Crippen molar-refractivity contribution < 1.29 is 19.4 Å². The Kier molecular flexibility index (Phi) is 9.10. The zero-order valence-electron chi connectivity index (χ0n) is 21.4. The predicted octanol–water partition coefficient (Wildman–Crippen LogP) is 6.34. The van der Waals surface area contributed by atoms with Crippen LogP contribution in [0.5, 0.6) is 5.75 Å². The Labute approximate surface area is 233 Å². The van der Waals surface area contributed by atoms with Gasteiger partial charge in [0.1, 0.15) is 18.1 Å². The van der Waals surface area contributed by atoms with Gasteiger partial charge in [-0.15, -0.1) is 0 Å². The van der Waals surface area contributed by atoms with Gasteiger partial charge in [-0.25, -0.2) is 0 Å². The molecule has 3 aromatic rings. The molecule has 1 saturated heterocycles. The minimum atomic E-state index is -0.797. The van der Waals surface area contributed by atoms with Gasteiger partial charge in [-0.2, -0.15) is 0 Å². The number of Topliss-reactive ketones (excluding diaryl/α,β-unsaturated/α-hetero) is 1. The predicted molar refractivity (Wildman–Crippen MR) is 150 cm³/mol. The second-order valence-corrected chi connectivity index (χ2v) is 9.81. The first-order chi connectivity index (χ1) is 18.3. The van der Waals surface area contributed by atoms with Gasteiger partial charge in [0.05, 0.1) is 21.7 Å². The second kappa shape index (κ2) is 12.5. The van der Waals surface area contributed by atoms with Crippen LogP contribution >= 0.6 is 23.2 Å². The van der Waals surface area contributed by atoms with Gasteiger partial charge in [-0.05, 0) is 60.6 Å². The number of likely N-dealkylation sites (N-methyl/N-ethyl adjacent to an activating group) is 1. The first-order valence-electron chi connectivity index (χ1n) is 12.6. The smallest absolute Gasteiger partial charge is 0.295 e. The van der Waals surface area contributed by atoms with E-state index < -0.39 is 17.7 Å². The average molecular weight is 553 g/mol. The maximum absolute atomic E-state index is 13.3. The molecule has 38 heavy (non-hydrogen) atoms. The fraction of sp³-hybridized carbons (Fsp3) is 0.267. The molecule has 8 heteroatoms. The standard InChI is InChI=1S/C30H30Cl2N2O4/c1-3-33(4-2)16-17-34-27(22-12-15-24(31)25(32)18-22)26(29(36)30(34)37)28(35)21-10-13-23(14-11-21)38-19-20-8-6-5-7-9-20/h5-15,18,27,35H,3-4,16-17,19H2,1-2H3/b28-26+. The van der Waals surface area contributed by atoms with E-state index in [1.165, 1.54) is 4.90 Å². The number of aliphatic hydroxyl groups is 1. The Morgan fingerprint density at radius 1 is 0.947 bits per heavy atom. The number of likely N-dealkylation sites (tertiary alicyclic amines) is 1. The summed E-state index contributed by atoms with van der Waals surface area (Å²) in [5, 5.41) is 12.0. The van der Waals surface area contributed by atoms with Crippen LogP contribution in [0, 0.1) is 0 Å². The fourth-order valence-corrected chi connectivity index (χ4v) is 4.84. The van der Waals surface area contributed by atoms with Crippen molar-refractivity contribution >= 4 is 40.7 Å². The third kappa shape index (κ3) is 6.04. The zero-order chi connectivity index (χ0) is 27.2. The lowest BCUT2D eigenvalue weighted by Crippen LogP contribution is -2.38. The SMILES string of the molecule is CCN(CC)CCN1C(=O)C(=O)/C(=C(/O)c2ccc(OCc3ccccc3)cc2)C1c1ccc(Cl)c(Cl)c1. The van der Waals surface area contributed by atoms with Crippen LogP contribution in [0.1, 0.15) is 36.6 Å². The van der Waals surface area contributed by atoms with E-state index >= 15 is 0 Å². The summed E-state index contributed by atoms with van der Waals surface area (Å²) < 4.78 is 5.84. The lowest BCUT2D eigenvalue weighted by atomic mass is 9.95. The van der Waals surface area contributed by atoms with Crippen LogP contribution in [0.25, 0.3) is 5.76 Å². The molecule has 0 spiro atoms. The first kappa shape index (κ1) is 27.7. The van der Waals surface area contributed by atoms with Gasteiger partial charge in [0.25, 0.3) is 11.7 Å². The van der Waals surface area contributed by atoms with Crippen molar-refractivity contribution in [2.24, 2.45) is 0 Å². The summed E-state index contributed by atoms with van der Waals surface area (Å²) in [5.41, 5.74) is 2.06. The number of carbonyl (C=O) groups excluding carboxylic acids is 2. The summed E-state index contributed by atoms with van der Waals surface area (Å²) in [5.74, 6) is -1.02. The highest BCUT2D eigenvalue weighted by Crippen LogP contribution is 2.41.